The minimum Gasteiger partial charge on any atom is -0.507 e. The van der Waals surface area contributed by atoms with E-state index in [4.69, 9.17) is 4.74 Å². The number of rotatable bonds is 1. The maximum atomic E-state index is 11.0. The van der Waals surface area contributed by atoms with Crippen molar-refractivity contribution in [3.63, 3.8) is 0 Å². The van der Waals surface area contributed by atoms with Gasteiger partial charge in [-0.05, 0) is 88.4 Å². The Morgan fingerprint density at radius 3 is 2.57 bits per heavy atom. The fourth-order valence-corrected chi connectivity index (χ4v) is 6.95. The van der Waals surface area contributed by atoms with Crippen molar-refractivity contribution in [2.45, 2.75) is 38.5 Å². The molecule has 0 heterocycles. The SMILES string of the molecule is COc1ccc2c(O)cc3c(c2c1)-c1ccccc1C31CCC2CC1C2(C)C. The van der Waals surface area contributed by atoms with Gasteiger partial charge in [-0.15, -0.1) is 0 Å². The van der Waals surface area contributed by atoms with Crippen LogP contribution in [0.5, 0.6) is 11.5 Å². The Morgan fingerprint density at radius 1 is 1.00 bits per heavy atom. The summed E-state index contributed by atoms with van der Waals surface area (Å²) >= 11 is 0. The third-order valence-electron chi connectivity index (χ3n) is 8.43. The molecule has 2 nitrogen and oxygen atoms in total. The third kappa shape index (κ3) is 1.71. The first-order valence-electron chi connectivity index (χ1n) is 10.4. The number of hydrogen-bond acceptors (Lipinski definition) is 2. The zero-order valence-corrected chi connectivity index (χ0v) is 16.8. The van der Waals surface area contributed by atoms with E-state index in [1.54, 1.807) is 7.11 Å². The zero-order valence-electron chi connectivity index (χ0n) is 16.8. The molecule has 2 heteroatoms. The van der Waals surface area contributed by atoms with E-state index in [0.29, 0.717) is 17.1 Å². The van der Waals surface area contributed by atoms with Crippen LogP contribution in [0.15, 0.2) is 48.5 Å². The molecule has 142 valence electrons. The molecule has 0 aliphatic heterocycles. The topological polar surface area (TPSA) is 29.5 Å². The van der Waals surface area contributed by atoms with Gasteiger partial charge in [-0.2, -0.15) is 0 Å². The number of phenolic OH excluding ortho intramolecular Hbond substituents is 1. The average molecular weight is 370 g/mol. The molecule has 3 fully saturated rings. The molecule has 0 aromatic heterocycles. The number of benzene rings is 3. The summed E-state index contributed by atoms with van der Waals surface area (Å²) in [6, 6.07) is 17.1. The minimum atomic E-state index is 0.0267. The van der Waals surface area contributed by atoms with Gasteiger partial charge in [-0.3, -0.25) is 0 Å². The fourth-order valence-electron chi connectivity index (χ4n) is 6.95. The molecule has 7 rings (SSSR count). The zero-order chi connectivity index (χ0) is 19.3. The lowest BCUT2D eigenvalue weighted by Crippen LogP contribution is -2.59. The van der Waals surface area contributed by atoms with Crippen LogP contribution in [0.4, 0.5) is 0 Å². The van der Waals surface area contributed by atoms with Crippen molar-refractivity contribution in [1.29, 1.82) is 0 Å². The summed E-state index contributed by atoms with van der Waals surface area (Å²) < 4.78 is 5.53. The first-order valence-corrected chi connectivity index (χ1v) is 10.4. The van der Waals surface area contributed by atoms with Crippen LogP contribution in [0.2, 0.25) is 0 Å². The van der Waals surface area contributed by atoms with E-state index in [-0.39, 0.29) is 5.41 Å². The standard InChI is InChI=1S/C26H26O2/c1-25(2)15-10-11-26(23(25)12-15)20-7-5-4-6-18(20)24-19-13-16(28-3)8-9-17(19)22(27)14-21(24)26/h4-9,13-15,23,27H,10-12H2,1-3H3. The van der Waals surface area contributed by atoms with Crippen LogP contribution in [-0.2, 0) is 5.41 Å². The van der Waals surface area contributed by atoms with Gasteiger partial charge in [0.2, 0.25) is 0 Å². The van der Waals surface area contributed by atoms with E-state index < -0.39 is 0 Å². The largest absolute Gasteiger partial charge is 0.507 e. The molecule has 3 aromatic carbocycles. The molecule has 1 spiro atoms. The van der Waals surface area contributed by atoms with Gasteiger partial charge in [-0.25, -0.2) is 0 Å². The number of hydrogen-bond donors (Lipinski definition) is 1. The Bertz CT molecular complexity index is 1140. The van der Waals surface area contributed by atoms with Crippen molar-refractivity contribution >= 4 is 10.8 Å². The number of methoxy groups -OCH3 is 1. The van der Waals surface area contributed by atoms with Crippen LogP contribution >= 0.6 is 0 Å². The second kappa shape index (κ2) is 5.11. The normalized spacial score (nSPS) is 28.7. The molecule has 4 aliphatic rings. The highest BCUT2D eigenvalue weighted by Crippen LogP contribution is 2.72. The molecule has 2 bridgehead atoms. The monoisotopic (exact) mass is 370 g/mol. The summed E-state index contributed by atoms with van der Waals surface area (Å²) in [5, 5.41) is 13.0. The molecule has 3 aromatic rings. The average Bonchev–Trinajstić information content (AvgIpc) is 2.97. The van der Waals surface area contributed by atoms with Crippen LogP contribution in [-0.4, -0.2) is 12.2 Å². The number of phenols is 1. The molecule has 0 radical (unpaired) electrons. The molecule has 3 unspecified atom stereocenters. The summed E-state index contributed by atoms with van der Waals surface area (Å²) in [5.41, 5.74) is 5.84. The van der Waals surface area contributed by atoms with E-state index >= 15 is 0 Å². The Kier molecular flexibility index (Phi) is 3.01. The number of aromatic hydroxyl groups is 1. The molecular formula is C26H26O2. The van der Waals surface area contributed by atoms with Crippen molar-refractivity contribution < 1.29 is 9.84 Å². The summed E-state index contributed by atoms with van der Waals surface area (Å²) in [7, 11) is 1.71. The first-order chi connectivity index (χ1) is 13.5. The van der Waals surface area contributed by atoms with Gasteiger partial charge in [0.1, 0.15) is 11.5 Å². The predicted molar refractivity (Wildman–Crippen MR) is 113 cm³/mol. The number of ether oxygens (including phenoxy) is 1. The van der Waals surface area contributed by atoms with E-state index in [1.165, 1.54) is 41.5 Å². The summed E-state index contributed by atoms with van der Waals surface area (Å²) in [4.78, 5) is 0. The highest BCUT2D eigenvalue weighted by Gasteiger charge is 2.64. The van der Waals surface area contributed by atoms with Gasteiger partial charge in [-0.1, -0.05) is 38.1 Å². The molecule has 0 saturated heterocycles. The number of fused-ring (bicyclic) bond motifs is 6. The van der Waals surface area contributed by atoms with Crippen molar-refractivity contribution in [2.24, 2.45) is 17.3 Å². The highest BCUT2D eigenvalue weighted by atomic mass is 16.5. The van der Waals surface area contributed by atoms with Crippen molar-refractivity contribution in [2.75, 3.05) is 7.11 Å². The van der Waals surface area contributed by atoms with Gasteiger partial charge >= 0.3 is 0 Å². The molecule has 28 heavy (non-hydrogen) atoms. The van der Waals surface area contributed by atoms with E-state index in [0.717, 1.165) is 22.4 Å². The van der Waals surface area contributed by atoms with Gasteiger partial charge in [0.15, 0.2) is 0 Å². The lowest BCUT2D eigenvalue weighted by atomic mass is 9.39. The molecule has 3 atom stereocenters. The summed E-state index contributed by atoms with van der Waals surface area (Å²) in [5.74, 6) is 2.70. The van der Waals surface area contributed by atoms with Gasteiger partial charge in [0.25, 0.3) is 0 Å². The highest BCUT2D eigenvalue weighted by molar-refractivity contribution is 6.05. The molecular weight excluding hydrogens is 344 g/mol. The van der Waals surface area contributed by atoms with Gasteiger partial charge < -0.3 is 9.84 Å². The van der Waals surface area contributed by atoms with Crippen LogP contribution in [0, 0.1) is 17.3 Å². The van der Waals surface area contributed by atoms with E-state index in [1.807, 2.05) is 12.1 Å². The Labute approximate surface area is 166 Å². The third-order valence-corrected chi connectivity index (χ3v) is 8.43. The van der Waals surface area contributed by atoms with Crippen LogP contribution < -0.4 is 4.74 Å². The lowest BCUT2D eigenvalue weighted by molar-refractivity contribution is -0.107. The Balaban J connectivity index is 1.75. The lowest BCUT2D eigenvalue weighted by Gasteiger charge is -2.65. The molecule has 0 amide bonds. The first kappa shape index (κ1) is 16.5. The molecule has 1 N–H and O–H groups in total. The van der Waals surface area contributed by atoms with Crippen LogP contribution in [0.25, 0.3) is 21.9 Å². The van der Waals surface area contributed by atoms with Crippen LogP contribution in [0.3, 0.4) is 0 Å². The second-order valence-electron chi connectivity index (χ2n) is 9.59. The minimum absolute atomic E-state index is 0.0267. The van der Waals surface area contributed by atoms with Crippen molar-refractivity contribution in [3.05, 3.63) is 59.7 Å². The fraction of sp³-hybridized carbons (Fsp3) is 0.385. The maximum absolute atomic E-state index is 11.0. The van der Waals surface area contributed by atoms with Gasteiger partial charge in [0.05, 0.1) is 7.11 Å². The Morgan fingerprint density at radius 2 is 1.82 bits per heavy atom. The van der Waals surface area contributed by atoms with Gasteiger partial charge in [0, 0.05) is 10.8 Å². The van der Waals surface area contributed by atoms with Crippen LogP contribution in [0.1, 0.15) is 44.2 Å². The Hall–Kier alpha value is -2.48. The van der Waals surface area contributed by atoms with Crippen molar-refractivity contribution in [3.8, 4) is 22.6 Å². The summed E-state index contributed by atoms with van der Waals surface area (Å²) in [6.45, 7) is 4.91. The van der Waals surface area contributed by atoms with E-state index in [2.05, 4.69) is 50.2 Å². The van der Waals surface area contributed by atoms with Crippen molar-refractivity contribution in [1.82, 2.24) is 0 Å². The molecule has 4 aliphatic carbocycles. The molecule has 3 saturated carbocycles. The maximum Gasteiger partial charge on any atom is 0.123 e. The summed E-state index contributed by atoms with van der Waals surface area (Å²) in [6.07, 6.45) is 3.76. The second-order valence-corrected chi connectivity index (χ2v) is 9.59. The smallest absolute Gasteiger partial charge is 0.123 e. The predicted octanol–water partition coefficient (Wildman–Crippen LogP) is 6.28. The quantitative estimate of drug-likeness (QED) is 0.546. The van der Waals surface area contributed by atoms with E-state index in [9.17, 15) is 5.11 Å².